The number of ether oxygens (including phenoxy) is 2. The highest BCUT2D eigenvalue weighted by Crippen LogP contribution is 2.56. The maximum atomic E-state index is 13.8. The zero-order chi connectivity index (χ0) is 32.4. The summed E-state index contributed by atoms with van der Waals surface area (Å²) in [5.41, 5.74) is 5.16. The van der Waals surface area contributed by atoms with Gasteiger partial charge >= 0.3 is 0 Å². The molecule has 2 spiro atoms. The number of fused-ring (bicyclic) bond motifs is 4. The molecule has 0 aliphatic carbocycles. The molecular formula is C39H34Cl2N2O3. The van der Waals surface area contributed by atoms with Crippen molar-refractivity contribution in [2.75, 3.05) is 23.9 Å². The molecule has 8 rings (SSSR count). The maximum Gasteiger partial charge on any atom is 0.211 e. The van der Waals surface area contributed by atoms with Crippen molar-refractivity contribution in [2.24, 2.45) is 0 Å². The van der Waals surface area contributed by atoms with Gasteiger partial charge in [0.1, 0.15) is 11.5 Å². The van der Waals surface area contributed by atoms with E-state index >= 15 is 0 Å². The molecule has 0 aromatic heterocycles. The van der Waals surface area contributed by atoms with Crippen molar-refractivity contribution < 1.29 is 14.3 Å². The first-order valence-electron chi connectivity index (χ1n) is 15.5. The second-order valence-electron chi connectivity index (χ2n) is 13.8. The Morgan fingerprint density at radius 2 is 1.02 bits per heavy atom. The third kappa shape index (κ3) is 3.67. The van der Waals surface area contributed by atoms with E-state index < -0.39 is 11.4 Å². The van der Waals surface area contributed by atoms with E-state index in [-0.39, 0.29) is 16.6 Å². The minimum Gasteiger partial charge on any atom is -0.463 e. The fourth-order valence-corrected chi connectivity index (χ4v) is 8.36. The Kier molecular flexibility index (Phi) is 5.99. The third-order valence-corrected chi connectivity index (χ3v) is 11.3. The van der Waals surface area contributed by atoms with Gasteiger partial charge in [-0.25, -0.2) is 0 Å². The largest absolute Gasteiger partial charge is 0.463 e. The second kappa shape index (κ2) is 9.43. The van der Waals surface area contributed by atoms with Gasteiger partial charge < -0.3 is 19.3 Å². The zero-order valence-electron chi connectivity index (χ0n) is 26.6. The van der Waals surface area contributed by atoms with Gasteiger partial charge in [0, 0.05) is 57.8 Å². The van der Waals surface area contributed by atoms with Crippen LogP contribution in [-0.2, 0) is 10.8 Å². The van der Waals surface area contributed by atoms with E-state index in [0.29, 0.717) is 21.2 Å². The quantitative estimate of drug-likeness (QED) is 0.203. The number of hydrogen-bond donors (Lipinski definition) is 0. The summed E-state index contributed by atoms with van der Waals surface area (Å²) in [6.07, 6.45) is 8.33. The Hall–Kier alpha value is -4.19. The zero-order valence-corrected chi connectivity index (χ0v) is 28.1. The Morgan fingerprint density at radius 3 is 1.43 bits per heavy atom. The molecule has 0 N–H and O–H groups in total. The van der Waals surface area contributed by atoms with Gasteiger partial charge in [-0.05, 0) is 136 Å². The van der Waals surface area contributed by atoms with Gasteiger partial charge in [-0.3, -0.25) is 4.79 Å². The number of benzene rings is 4. The molecule has 4 aliphatic rings. The first kappa shape index (κ1) is 29.2. The first-order chi connectivity index (χ1) is 21.8. The van der Waals surface area contributed by atoms with Crippen LogP contribution < -0.4 is 19.3 Å². The van der Waals surface area contributed by atoms with Gasteiger partial charge in [0.25, 0.3) is 0 Å². The molecule has 0 bridgehead atoms. The van der Waals surface area contributed by atoms with Crippen molar-refractivity contribution in [2.45, 2.75) is 50.0 Å². The average Bonchev–Trinajstić information content (AvgIpc) is 3.29. The van der Waals surface area contributed by atoms with Crippen LogP contribution in [0.1, 0.15) is 65.9 Å². The molecule has 4 aliphatic heterocycles. The lowest BCUT2D eigenvalue weighted by Gasteiger charge is -2.45. The molecule has 2 unspecified atom stereocenters. The lowest BCUT2D eigenvalue weighted by Crippen LogP contribution is -2.58. The predicted octanol–water partition coefficient (Wildman–Crippen LogP) is 9.28. The van der Waals surface area contributed by atoms with Crippen molar-refractivity contribution in [3.63, 3.8) is 0 Å². The van der Waals surface area contributed by atoms with Crippen LogP contribution in [-0.4, -0.2) is 31.3 Å². The van der Waals surface area contributed by atoms with E-state index in [9.17, 15) is 4.79 Å². The number of nitrogens with zero attached hydrogens (tertiary/aromatic N) is 2. The van der Waals surface area contributed by atoms with Crippen molar-refractivity contribution in [1.82, 2.24) is 0 Å². The minimum atomic E-state index is -0.726. The number of carbonyl (C=O) groups excluding carboxylic acids is 1. The molecule has 0 amide bonds. The van der Waals surface area contributed by atoms with E-state index in [0.717, 1.165) is 45.1 Å². The molecule has 5 nitrogen and oxygen atoms in total. The summed E-state index contributed by atoms with van der Waals surface area (Å²) in [6.45, 7) is 8.70. The number of hydrogen-bond acceptors (Lipinski definition) is 5. The Labute approximate surface area is 279 Å². The number of carbonyl (C=O) groups is 1. The molecule has 0 radical (unpaired) electrons. The summed E-state index contributed by atoms with van der Waals surface area (Å²) < 4.78 is 13.6. The lowest BCUT2D eigenvalue weighted by atomic mass is 9.76. The topological polar surface area (TPSA) is 42.0 Å². The van der Waals surface area contributed by atoms with Crippen LogP contribution in [0.15, 0.2) is 84.9 Å². The van der Waals surface area contributed by atoms with Crippen molar-refractivity contribution in [1.29, 1.82) is 0 Å². The number of anilines is 2. The van der Waals surface area contributed by atoms with Crippen LogP contribution in [0.25, 0.3) is 12.2 Å². The maximum absolute atomic E-state index is 13.8. The van der Waals surface area contributed by atoms with Crippen molar-refractivity contribution in [3.05, 3.63) is 128 Å². The van der Waals surface area contributed by atoms with Crippen LogP contribution in [0.4, 0.5) is 11.4 Å². The number of likely N-dealkylation sites (N-methyl/N-ethyl adjacent to an activating group) is 2. The Balaban J connectivity index is 1.08. The summed E-state index contributed by atoms with van der Waals surface area (Å²) >= 11 is 12.8. The minimum absolute atomic E-state index is 0.0614. The van der Waals surface area contributed by atoms with Gasteiger partial charge in [-0.2, -0.15) is 0 Å². The highest BCUT2D eigenvalue weighted by molar-refractivity contribution is 6.31. The summed E-state index contributed by atoms with van der Waals surface area (Å²) in [5, 5.41) is 1.41. The fraction of sp³-hybridized carbons (Fsp3) is 0.256. The van der Waals surface area contributed by atoms with E-state index in [1.807, 2.05) is 86.9 Å². The van der Waals surface area contributed by atoms with Crippen LogP contribution in [0.5, 0.6) is 11.5 Å². The van der Waals surface area contributed by atoms with E-state index in [2.05, 4.69) is 61.8 Å². The van der Waals surface area contributed by atoms with E-state index in [1.54, 1.807) is 0 Å². The number of rotatable bonds is 2. The average molecular weight is 650 g/mol. The Bertz CT molecular complexity index is 1920. The molecule has 232 valence electrons. The highest BCUT2D eigenvalue weighted by Gasteiger charge is 2.59. The monoisotopic (exact) mass is 648 g/mol. The van der Waals surface area contributed by atoms with Crippen LogP contribution in [0.3, 0.4) is 0 Å². The number of ketones is 1. The molecule has 0 saturated carbocycles. The lowest BCUT2D eigenvalue weighted by molar-refractivity contribution is 0.0581. The summed E-state index contributed by atoms with van der Waals surface area (Å²) in [6, 6.07) is 23.3. The van der Waals surface area contributed by atoms with Gasteiger partial charge in [-0.1, -0.05) is 23.2 Å². The van der Waals surface area contributed by atoms with Gasteiger partial charge in [-0.15, -0.1) is 0 Å². The standard InChI is InChI=1S/C39H34Cl2N2O3/c1-36(2)29-21-27(40)9-11-31(29)42(5)38(36)17-15-23-19-25(7-13-33(23)45-38)35(44)26-8-14-34-24(20-26)16-18-39(46-34)37(3,4)30-22-28(41)10-12-32(30)43(39)6/h7-22H,1-6H3. The second-order valence-corrected chi connectivity index (χ2v) is 14.7. The summed E-state index contributed by atoms with van der Waals surface area (Å²) in [7, 11) is 4.09. The molecule has 4 aromatic carbocycles. The molecule has 0 saturated heterocycles. The summed E-state index contributed by atoms with van der Waals surface area (Å²) in [4.78, 5) is 18.2. The molecule has 4 aromatic rings. The predicted molar refractivity (Wildman–Crippen MR) is 187 cm³/mol. The first-order valence-corrected chi connectivity index (χ1v) is 16.2. The molecular weight excluding hydrogens is 615 g/mol. The molecule has 7 heteroatoms. The van der Waals surface area contributed by atoms with Crippen molar-refractivity contribution in [3.8, 4) is 11.5 Å². The van der Waals surface area contributed by atoms with Crippen molar-refractivity contribution >= 4 is 52.5 Å². The van der Waals surface area contributed by atoms with Gasteiger partial charge in [0.2, 0.25) is 11.4 Å². The van der Waals surface area contributed by atoms with Crippen LogP contribution in [0, 0.1) is 0 Å². The fourth-order valence-electron chi connectivity index (χ4n) is 8.02. The number of halogens is 2. The van der Waals surface area contributed by atoms with Crippen LogP contribution in [0.2, 0.25) is 10.0 Å². The molecule has 2 atom stereocenters. The molecule has 46 heavy (non-hydrogen) atoms. The van der Waals surface area contributed by atoms with Crippen LogP contribution >= 0.6 is 23.2 Å². The van der Waals surface area contributed by atoms with E-state index in [1.165, 1.54) is 0 Å². The van der Waals surface area contributed by atoms with Gasteiger partial charge in [0.15, 0.2) is 5.78 Å². The van der Waals surface area contributed by atoms with Gasteiger partial charge in [0.05, 0.1) is 10.8 Å². The smallest absolute Gasteiger partial charge is 0.211 e. The highest BCUT2D eigenvalue weighted by atomic mass is 35.5. The third-order valence-electron chi connectivity index (χ3n) is 10.8. The SMILES string of the molecule is CN1c2ccc(Cl)cc2C(C)(C)C12C=Cc1cc(C(=O)c3ccc4c(c3)C=CC3(O4)N(C)c4ccc(Cl)cc4C3(C)C)ccc1O2. The van der Waals surface area contributed by atoms with E-state index in [4.69, 9.17) is 32.7 Å². The normalized spacial score (nSPS) is 23.9. The molecule has 4 heterocycles. The summed E-state index contributed by atoms with van der Waals surface area (Å²) in [5.74, 6) is 1.40. The molecule has 0 fully saturated rings. The Morgan fingerprint density at radius 1 is 0.609 bits per heavy atom.